The molecule has 3 aliphatic heterocycles. The number of aromatic nitrogens is 1. The van der Waals surface area contributed by atoms with Gasteiger partial charge in [-0.05, 0) is 61.3 Å². The van der Waals surface area contributed by atoms with Crippen LogP contribution in [0.3, 0.4) is 0 Å². The molecule has 3 aliphatic rings. The standard InChI is InChI=1S/C22H24N4O3/c27-21-19(11-17-9-16(12-23-17)13-25-5-1-2-6-25)18-10-15(3-4-20(18)24-21)14-26-7-8-29-22(26)28/h3-4,9-12,23H,1-2,5-8,13-14H2,(H,24,27). The van der Waals surface area contributed by atoms with Gasteiger partial charge in [0.1, 0.15) is 6.61 Å². The van der Waals surface area contributed by atoms with Crippen LogP contribution in [0.15, 0.2) is 30.5 Å². The molecule has 0 radical (unpaired) electrons. The Morgan fingerprint density at radius 2 is 1.90 bits per heavy atom. The van der Waals surface area contributed by atoms with Crippen LogP contribution >= 0.6 is 0 Å². The third-order valence-corrected chi connectivity index (χ3v) is 5.76. The second-order valence-corrected chi connectivity index (χ2v) is 7.87. The maximum absolute atomic E-state index is 12.5. The lowest BCUT2D eigenvalue weighted by molar-refractivity contribution is -0.110. The molecule has 0 saturated carbocycles. The van der Waals surface area contributed by atoms with E-state index in [9.17, 15) is 9.59 Å². The van der Waals surface area contributed by atoms with E-state index < -0.39 is 0 Å². The second-order valence-electron chi connectivity index (χ2n) is 7.87. The van der Waals surface area contributed by atoms with E-state index in [1.54, 1.807) is 4.90 Å². The summed E-state index contributed by atoms with van der Waals surface area (Å²) in [4.78, 5) is 31.7. The van der Waals surface area contributed by atoms with E-state index >= 15 is 0 Å². The van der Waals surface area contributed by atoms with Gasteiger partial charge in [0.25, 0.3) is 5.91 Å². The van der Waals surface area contributed by atoms with Crippen LogP contribution in [-0.4, -0.2) is 53.0 Å². The fourth-order valence-corrected chi connectivity index (χ4v) is 4.25. The van der Waals surface area contributed by atoms with Gasteiger partial charge >= 0.3 is 6.09 Å². The minimum Gasteiger partial charge on any atom is -0.448 e. The molecule has 1 aromatic carbocycles. The molecule has 2 amide bonds. The van der Waals surface area contributed by atoms with Crippen molar-refractivity contribution in [2.24, 2.45) is 0 Å². The second kappa shape index (κ2) is 7.40. The molecule has 150 valence electrons. The van der Waals surface area contributed by atoms with E-state index in [2.05, 4.69) is 21.3 Å². The number of carbonyl (C=O) groups is 2. The smallest absolute Gasteiger partial charge is 0.410 e. The van der Waals surface area contributed by atoms with Crippen LogP contribution in [0.5, 0.6) is 0 Å². The number of nitrogens with zero attached hydrogens (tertiary/aromatic N) is 2. The summed E-state index contributed by atoms with van der Waals surface area (Å²) < 4.78 is 5.00. The van der Waals surface area contributed by atoms with Gasteiger partial charge in [-0.25, -0.2) is 4.79 Å². The number of H-pyrrole nitrogens is 1. The Hall–Kier alpha value is -3.06. The molecule has 0 spiro atoms. The van der Waals surface area contributed by atoms with Crippen molar-refractivity contribution in [1.82, 2.24) is 14.8 Å². The summed E-state index contributed by atoms with van der Waals surface area (Å²) in [6, 6.07) is 7.94. The average molecular weight is 392 g/mol. The van der Waals surface area contributed by atoms with Crippen LogP contribution < -0.4 is 5.32 Å². The molecule has 4 heterocycles. The summed E-state index contributed by atoms with van der Waals surface area (Å²) in [5.41, 5.74) is 5.45. The first-order chi connectivity index (χ1) is 14.2. The van der Waals surface area contributed by atoms with Crippen molar-refractivity contribution < 1.29 is 14.3 Å². The minimum atomic E-state index is -0.285. The maximum Gasteiger partial charge on any atom is 0.410 e. The highest BCUT2D eigenvalue weighted by molar-refractivity contribution is 6.34. The first kappa shape index (κ1) is 18.0. The Balaban J connectivity index is 1.37. The van der Waals surface area contributed by atoms with Gasteiger partial charge in [0.2, 0.25) is 0 Å². The van der Waals surface area contributed by atoms with Crippen LogP contribution in [0.1, 0.15) is 35.2 Å². The Labute approximate surface area is 169 Å². The highest BCUT2D eigenvalue weighted by atomic mass is 16.6. The number of fused-ring (bicyclic) bond motifs is 1. The fraction of sp³-hybridized carbons (Fsp3) is 0.364. The average Bonchev–Trinajstić information content (AvgIpc) is 3.49. The lowest BCUT2D eigenvalue weighted by atomic mass is 10.0. The summed E-state index contributed by atoms with van der Waals surface area (Å²) in [5, 5.41) is 2.93. The van der Waals surface area contributed by atoms with E-state index in [1.165, 1.54) is 18.4 Å². The summed E-state index contributed by atoms with van der Waals surface area (Å²) in [5.74, 6) is -0.103. The van der Waals surface area contributed by atoms with Crippen molar-refractivity contribution in [2.45, 2.75) is 25.9 Å². The van der Waals surface area contributed by atoms with E-state index in [-0.39, 0.29) is 12.0 Å². The topological polar surface area (TPSA) is 77.7 Å². The number of amides is 2. The number of anilines is 1. The van der Waals surface area contributed by atoms with Gasteiger partial charge in [0.15, 0.2) is 0 Å². The molecular formula is C22H24N4O3. The van der Waals surface area contributed by atoms with Crippen molar-refractivity contribution in [3.8, 4) is 0 Å². The predicted molar refractivity (Wildman–Crippen MR) is 110 cm³/mol. The van der Waals surface area contributed by atoms with Gasteiger partial charge in [-0.3, -0.25) is 9.69 Å². The molecule has 0 unspecified atom stereocenters. The maximum atomic E-state index is 12.5. The van der Waals surface area contributed by atoms with Crippen LogP contribution in [-0.2, 0) is 22.6 Å². The Morgan fingerprint density at radius 1 is 1.03 bits per heavy atom. The first-order valence-corrected chi connectivity index (χ1v) is 10.1. The van der Waals surface area contributed by atoms with Crippen LogP contribution in [0.25, 0.3) is 11.6 Å². The number of ether oxygens (including phenoxy) is 1. The molecule has 0 aliphatic carbocycles. The third-order valence-electron chi connectivity index (χ3n) is 5.76. The summed E-state index contributed by atoms with van der Waals surface area (Å²) in [7, 11) is 0. The molecule has 5 rings (SSSR count). The summed E-state index contributed by atoms with van der Waals surface area (Å²) in [6.07, 6.45) is 6.19. The van der Waals surface area contributed by atoms with Crippen molar-refractivity contribution in [3.05, 3.63) is 52.8 Å². The largest absolute Gasteiger partial charge is 0.448 e. The normalized spacial score (nSPS) is 20.4. The summed E-state index contributed by atoms with van der Waals surface area (Å²) in [6.45, 7) is 4.77. The minimum absolute atomic E-state index is 0.103. The van der Waals surface area contributed by atoms with Gasteiger partial charge in [-0.1, -0.05) is 6.07 Å². The molecule has 29 heavy (non-hydrogen) atoms. The molecule has 7 heteroatoms. The summed E-state index contributed by atoms with van der Waals surface area (Å²) >= 11 is 0. The number of nitrogens with one attached hydrogen (secondary N) is 2. The van der Waals surface area contributed by atoms with Gasteiger partial charge in [0, 0.05) is 36.2 Å². The molecule has 2 fully saturated rings. The highest BCUT2D eigenvalue weighted by Gasteiger charge is 2.26. The lowest BCUT2D eigenvalue weighted by Crippen LogP contribution is -2.23. The Morgan fingerprint density at radius 3 is 2.69 bits per heavy atom. The van der Waals surface area contributed by atoms with E-state index in [4.69, 9.17) is 4.74 Å². The number of likely N-dealkylation sites (tertiary alicyclic amines) is 1. The highest BCUT2D eigenvalue weighted by Crippen LogP contribution is 2.34. The zero-order valence-corrected chi connectivity index (χ0v) is 16.2. The van der Waals surface area contributed by atoms with Crippen LogP contribution in [0.2, 0.25) is 0 Å². The van der Waals surface area contributed by atoms with Crippen molar-refractivity contribution in [1.29, 1.82) is 0 Å². The number of carbonyl (C=O) groups excluding carboxylic acids is 2. The molecule has 0 bridgehead atoms. The molecule has 2 saturated heterocycles. The number of aromatic amines is 1. The van der Waals surface area contributed by atoms with Crippen molar-refractivity contribution >= 4 is 29.3 Å². The molecular weight excluding hydrogens is 368 g/mol. The lowest BCUT2D eigenvalue weighted by Gasteiger charge is -2.13. The molecule has 1 aromatic heterocycles. The van der Waals surface area contributed by atoms with E-state index in [0.29, 0.717) is 25.3 Å². The quantitative estimate of drug-likeness (QED) is 0.767. The van der Waals surface area contributed by atoms with E-state index in [1.807, 2.05) is 30.5 Å². The molecule has 2 N–H and O–H groups in total. The first-order valence-electron chi connectivity index (χ1n) is 10.1. The number of hydrogen-bond acceptors (Lipinski definition) is 4. The molecule has 0 atom stereocenters. The predicted octanol–water partition coefficient (Wildman–Crippen LogP) is 3.06. The zero-order valence-electron chi connectivity index (χ0n) is 16.2. The van der Waals surface area contributed by atoms with Gasteiger partial charge in [0.05, 0.1) is 12.1 Å². The fourth-order valence-electron chi connectivity index (χ4n) is 4.25. The Kier molecular flexibility index (Phi) is 4.60. The number of benzene rings is 1. The van der Waals surface area contributed by atoms with Crippen molar-refractivity contribution in [3.63, 3.8) is 0 Å². The molecule has 2 aromatic rings. The van der Waals surface area contributed by atoms with Gasteiger partial charge in [-0.15, -0.1) is 0 Å². The van der Waals surface area contributed by atoms with Gasteiger partial charge in [-0.2, -0.15) is 0 Å². The number of rotatable bonds is 5. The Bertz CT molecular complexity index is 988. The van der Waals surface area contributed by atoms with Crippen LogP contribution in [0.4, 0.5) is 10.5 Å². The monoisotopic (exact) mass is 392 g/mol. The van der Waals surface area contributed by atoms with Crippen molar-refractivity contribution in [2.75, 3.05) is 31.6 Å². The zero-order chi connectivity index (χ0) is 19.8. The number of hydrogen-bond donors (Lipinski definition) is 2. The molecule has 7 nitrogen and oxygen atoms in total. The third kappa shape index (κ3) is 3.65. The van der Waals surface area contributed by atoms with E-state index in [0.717, 1.165) is 42.1 Å². The van der Waals surface area contributed by atoms with Crippen LogP contribution in [0, 0.1) is 0 Å². The van der Waals surface area contributed by atoms with Gasteiger partial charge < -0.3 is 19.9 Å². The number of cyclic esters (lactones) is 1. The SMILES string of the molecule is O=C1Nc2ccc(CN3CCOC3=O)cc2C1=Cc1cc(CN2CCCC2)c[nH]1.